The summed E-state index contributed by atoms with van der Waals surface area (Å²) in [6, 6.07) is 5.35. The molecule has 1 aliphatic carbocycles. The maximum Gasteiger partial charge on any atom is 0.328 e. The molecule has 112 valence electrons. The molecule has 1 aromatic carbocycles. The van der Waals surface area contributed by atoms with Gasteiger partial charge in [0.15, 0.2) is 0 Å². The number of benzene rings is 1. The molecule has 1 saturated carbocycles. The summed E-state index contributed by atoms with van der Waals surface area (Å²) in [6.07, 6.45) is 7.51. The Bertz CT molecular complexity index is 557. The van der Waals surface area contributed by atoms with E-state index in [2.05, 4.69) is 5.32 Å². The molecule has 0 radical (unpaired) electrons. The quantitative estimate of drug-likeness (QED) is 0.818. The maximum absolute atomic E-state index is 12.2. The Kier molecular flexibility index (Phi) is 5.14. The summed E-state index contributed by atoms with van der Waals surface area (Å²) in [7, 11) is 0. The zero-order valence-electron chi connectivity index (χ0n) is 12.3. The van der Waals surface area contributed by atoms with Gasteiger partial charge in [0.25, 0.3) is 5.91 Å². The molecule has 4 heteroatoms. The van der Waals surface area contributed by atoms with Gasteiger partial charge >= 0.3 is 5.97 Å². The Hall–Kier alpha value is -2.10. The van der Waals surface area contributed by atoms with Crippen molar-refractivity contribution in [1.29, 1.82) is 0 Å². The van der Waals surface area contributed by atoms with Gasteiger partial charge in [-0.3, -0.25) is 4.79 Å². The third-order valence-electron chi connectivity index (χ3n) is 3.97. The van der Waals surface area contributed by atoms with Crippen molar-refractivity contribution in [3.8, 4) is 0 Å². The lowest BCUT2D eigenvalue weighted by Gasteiger charge is -2.11. The lowest BCUT2D eigenvalue weighted by Crippen LogP contribution is -2.28. The van der Waals surface area contributed by atoms with Crippen LogP contribution in [0.15, 0.2) is 24.3 Å². The SMILES string of the molecule is Cc1ccc(C(=O)NCC2CCCC2)cc1/C=C/C(=O)O. The van der Waals surface area contributed by atoms with Crippen LogP contribution in [0.25, 0.3) is 6.08 Å². The standard InChI is InChI=1S/C17H21NO3/c1-12-6-7-15(10-14(12)8-9-16(19)20)17(21)18-11-13-4-2-3-5-13/h6-10,13H,2-5,11H2,1H3,(H,18,21)(H,19,20)/b9-8+. The van der Waals surface area contributed by atoms with Gasteiger partial charge in [0.05, 0.1) is 0 Å². The Balaban J connectivity index is 2.03. The van der Waals surface area contributed by atoms with E-state index in [1.54, 1.807) is 12.1 Å². The molecule has 0 saturated heterocycles. The van der Waals surface area contributed by atoms with E-state index in [9.17, 15) is 9.59 Å². The van der Waals surface area contributed by atoms with Crippen molar-refractivity contribution in [1.82, 2.24) is 5.32 Å². The predicted octanol–water partition coefficient (Wildman–Crippen LogP) is 3.01. The van der Waals surface area contributed by atoms with Crippen molar-refractivity contribution < 1.29 is 14.7 Å². The van der Waals surface area contributed by atoms with Gasteiger partial charge in [0.2, 0.25) is 0 Å². The van der Waals surface area contributed by atoms with Crippen molar-refractivity contribution in [2.45, 2.75) is 32.6 Å². The highest BCUT2D eigenvalue weighted by molar-refractivity contribution is 5.95. The van der Waals surface area contributed by atoms with Gasteiger partial charge in [0.1, 0.15) is 0 Å². The first kappa shape index (κ1) is 15.3. The normalized spacial score (nSPS) is 15.5. The van der Waals surface area contributed by atoms with Gasteiger partial charge in [-0.2, -0.15) is 0 Å². The van der Waals surface area contributed by atoms with Crippen molar-refractivity contribution in [2.75, 3.05) is 6.54 Å². The molecule has 1 aliphatic rings. The van der Waals surface area contributed by atoms with E-state index >= 15 is 0 Å². The number of hydrogen-bond donors (Lipinski definition) is 2. The Morgan fingerprint density at radius 3 is 2.71 bits per heavy atom. The van der Waals surface area contributed by atoms with E-state index in [1.807, 2.05) is 13.0 Å². The maximum atomic E-state index is 12.2. The zero-order chi connectivity index (χ0) is 15.2. The van der Waals surface area contributed by atoms with Gasteiger partial charge in [-0.05, 0) is 55.0 Å². The zero-order valence-corrected chi connectivity index (χ0v) is 12.3. The van der Waals surface area contributed by atoms with Crippen LogP contribution in [0.1, 0.15) is 47.2 Å². The van der Waals surface area contributed by atoms with Crippen molar-refractivity contribution in [2.24, 2.45) is 5.92 Å². The molecule has 0 heterocycles. The summed E-state index contributed by atoms with van der Waals surface area (Å²) in [5, 5.41) is 11.7. The van der Waals surface area contributed by atoms with Gasteiger partial charge in [-0.25, -0.2) is 4.79 Å². The molecular weight excluding hydrogens is 266 g/mol. The van der Waals surface area contributed by atoms with Crippen LogP contribution in [0.2, 0.25) is 0 Å². The van der Waals surface area contributed by atoms with Crippen molar-refractivity contribution in [3.05, 3.63) is 41.0 Å². The molecule has 0 unspecified atom stereocenters. The molecule has 0 atom stereocenters. The largest absolute Gasteiger partial charge is 0.478 e. The van der Waals surface area contributed by atoms with E-state index in [0.29, 0.717) is 11.5 Å². The lowest BCUT2D eigenvalue weighted by atomic mass is 10.0. The first-order valence-corrected chi connectivity index (χ1v) is 7.36. The number of aryl methyl sites for hydroxylation is 1. The average molecular weight is 287 g/mol. The molecule has 0 bridgehead atoms. The molecule has 2 rings (SSSR count). The Morgan fingerprint density at radius 1 is 1.33 bits per heavy atom. The van der Waals surface area contributed by atoms with Crippen molar-refractivity contribution >= 4 is 18.0 Å². The van der Waals surface area contributed by atoms with E-state index in [-0.39, 0.29) is 5.91 Å². The lowest BCUT2D eigenvalue weighted by molar-refractivity contribution is -0.131. The number of carboxylic acid groups (broad SMARTS) is 1. The summed E-state index contributed by atoms with van der Waals surface area (Å²) in [6.45, 7) is 2.62. The van der Waals surface area contributed by atoms with Gasteiger partial charge in [-0.15, -0.1) is 0 Å². The van der Waals surface area contributed by atoms with Crippen LogP contribution >= 0.6 is 0 Å². The first-order valence-electron chi connectivity index (χ1n) is 7.36. The highest BCUT2D eigenvalue weighted by Gasteiger charge is 2.16. The number of carboxylic acids is 1. The number of nitrogens with one attached hydrogen (secondary N) is 1. The molecule has 2 N–H and O–H groups in total. The molecule has 0 aliphatic heterocycles. The summed E-state index contributed by atoms with van der Waals surface area (Å²) in [5.74, 6) is -0.483. The van der Waals surface area contributed by atoms with Crippen LogP contribution in [0.3, 0.4) is 0 Å². The Labute approximate surface area is 124 Å². The van der Waals surface area contributed by atoms with Crippen LogP contribution in [0, 0.1) is 12.8 Å². The third kappa shape index (κ3) is 4.45. The number of rotatable bonds is 5. The molecule has 4 nitrogen and oxygen atoms in total. The molecule has 1 amide bonds. The molecule has 21 heavy (non-hydrogen) atoms. The minimum Gasteiger partial charge on any atom is -0.478 e. The van der Waals surface area contributed by atoms with E-state index in [0.717, 1.165) is 23.7 Å². The van der Waals surface area contributed by atoms with Crippen LogP contribution in [-0.4, -0.2) is 23.5 Å². The fourth-order valence-corrected chi connectivity index (χ4v) is 2.68. The highest BCUT2D eigenvalue weighted by Crippen LogP contribution is 2.23. The summed E-state index contributed by atoms with van der Waals surface area (Å²) in [5.41, 5.74) is 2.27. The fourth-order valence-electron chi connectivity index (χ4n) is 2.68. The molecule has 0 aromatic heterocycles. The summed E-state index contributed by atoms with van der Waals surface area (Å²) < 4.78 is 0. The van der Waals surface area contributed by atoms with Gasteiger partial charge < -0.3 is 10.4 Å². The second-order valence-corrected chi connectivity index (χ2v) is 5.60. The first-order chi connectivity index (χ1) is 10.1. The molecule has 1 fully saturated rings. The summed E-state index contributed by atoms with van der Waals surface area (Å²) >= 11 is 0. The molecule has 1 aromatic rings. The smallest absolute Gasteiger partial charge is 0.328 e. The van der Waals surface area contributed by atoms with Crippen LogP contribution in [-0.2, 0) is 4.79 Å². The second-order valence-electron chi connectivity index (χ2n) is 5.60. The number of aliphatic carboxylic acids is 1. The molecule has 0 spiro atoms. The summed E-state index contributed by atoms with van der Waals surface area (Å²) in [4.78, 5) is 22.7. The third-order valence-corrected chi connectivity index (χ3v) is 3.97. The molecular formula is C17H21NO3. The Morgan fingerprint density at radius 2 is 2.05 bits per heavy atom. The monoisotopic (exact) mass is 287 g/mol. The number of hydrogen-bond acceptors (Lipinski definition) is 2. The van der Waals surface area contributed by atoms with E-state index in [4.69, 9.17) is 5.11 Å². The van der Waals surface area contributed by atoms with Crippen LogP contribution in [0.4, 0.5) is 0 Å². The van der Waals surface area contributed by atoms with Gasteiger partial charge in [0, 0.05) is 18.2 Å². The number of carbonyl (C=O) groups excluding carboxylic acids is 1. The fraction of sp³-hybridized carbons (Fsp3) is 0.412. The minimum atomic E-state index is -0.995. The second kappa shape index (κ2) is 7.07. The topological polar surface area (TPSA) is 66.4 Å². The van der Waals surface area contributed by atoms with Crippen LogP contribution in [0.5, 0.6) is 0 Å². The minimum absolute atomic E-state index is 0.0909. The number of carbonyl (C=O) groups is 2. The average Bonchev–Trinajstić information content (AvgIpc) is 2.97. The van der Waals surface area contributed by atoms with Crippen molar-refractivity contribution in [3.63, 3.8) is 0 Å². The van der Waals surface area contributed by atoms with Crippen LogP contribution < -0.4 is 5.32 Å². The highest BCUT2D eigenvalue weighted by atomic mass is 16.4. The van der Waals surface area contributed by atoms with E-state index in [1.165, 1.54) is 31.8 Å². The predicted molar refractivity (Wildman–Crippen MR) is 82.1 cm³/mol. The van der Waals surface area contributed by atoms with E-state index < -0.39 is 5.97 Å². The number of amides is 1. The van der Waals surface area contributed by atoms with Gasteiger partial charge in [-0.1, -0.05) is 18.9 Å².